The lowest BCUT2D eigenvalue weighted by atomic mass is 10.1. The number of halogens is 1. The van der Waals surface area contributed by atoms with E-state index in [0.717, 1.165) is 32.5 Å². The van der Waals surface area contributed by atoms with Crippen molar-refractivity contribution in [1.82, 2.24) is 4.90 Å². The molecule has 1 fully saturated rings. The zero-order valence-corrected chi connectivity index (χ0v) is 10.0. The number of benzene rings is 1. The van der Waals surface area contributed by atoms with Crippen molar-refractivity contribution in [3.8, 4) is 0 Å². The van der Waals surface area contributed by atoms with Gasteiger partial charge in [-0.15, -0.1) is 11.6 Å². The van der Waals surface area contributed by atoms with Gasteiger partial charge in [-0.05, 0) is 30.5 Å². The van der Waals surface area contributed by atoms with Crippen LogP contribution in [0, 0.1) is 0 Å². The fourth-order valence-corrected chi connectivity index (χ4v) is 2.36. The van der Waals surface area contributed by atoms with E-state index in [2.05, 4.69) is 36.1 Å². The van der Waals surface area contributed by atoms with E-state index < -0.39 is 0 Å². The molecule has 1 aliphatic rings. The van der Waals surface area contributed by atoms with E-state index in [1.165, 1.54) is 11.1 Å². The van der Waals surface area contributed by atoms with E-state index in [1.807, 2.05) is 0 Å². The summed E-state index contributed by atoms with van der Waals surface area (Å²) in [5, 5.41) is 0.361. The van der Waals surface area contributed by atoms with Crippen LogP contribution in [0.4, 0.5) is 0 Å². The van der Waals surface area contributed by atoms with Crippen molar-refractivity contribution in [2.45, 2.75) is 31.7 Å². The molecule has 1 nitrogen and oxygen atoms in total. The normalized spacial score (nSPS) is 22.1. The molecule has 0 bridgehead atoms. The first-order valence-electron chi connectivity index (χ1n) is 5.72. The first-order valence-corrected chi connectivity index (χ1v) is 6.16. The first-order chi connectivity index (χ1) is 7.28. The maximum Gasteiger partial charge on any atom is 0.0475 e. The van der Waals surface area contributed by atoms with Crippen molar-refractivity contribution < 1.29 is 0 Å². The summed E-state index contributed by atoms with van der Waals surface area (Å²) in [5.74, 6) is 0. The molecule has 15 heavy (non-hydrogen) atoms. The molecule has 0 spiro atoms. The molecule has 1 heterocycles. The summed E-state index contributed by atoms with van der Waals surface area (Å²) >= 11 is 6.08. The number of nitrogens with zero attached hydrogens (tertiary/aromatic N) is 1. The molecule has 0 saturated carbocycles. The van der Waals surface area contributed by atoms with E-state index >= 15 is 0 Å². The Morgan fingerprint density at radius 2 is 1.93 bits per heavy atom. The topological polar surface area (TPSA) is 3.24 Å². The highest BCUT2D eigenvalue weighted by Crippen LogP contribution is 2.17. The Morgan fingerprint density at radius 3 is 2.47 bits per heavy atom. The average Bonchev–Trinajstić information content (AvgIpc) is 2.65. The van der Waals surface area contributed by atoms with E-state index in [9.17, 15) is 0 Å². The van der Waals surface area contributed by atoms with Gasteiger partial charge in [0.2, 0.25) is 0 Å². The Hall–Kier alpha value is -0.530. The number of hydrogen-bond donors (Lipinski definition) is 0. The fraction of sp³-hybridized carbons (Fsp3) is 0.538. The monoisotopic (exact) mass is 223 g/mol. The molecule has 82 valence electrons. The van der Waals surface area contributed by atoms with Gasteiger partial charge in [-0.1, -0.05) is 31.2 Å². The third-order valence-electron chi connectivity index (χ3n) is 3.05. The SMILES string of the molecule is CCc1ccc(CN2CCC(Cl)C2)cc1. The quantitative estimate of drug-likeness (QED) is 0.712. The van der Waals surface area contributed by atoms with E-state index in [0.29, 0.717) is 5.38 Å². The van der Waals surface area contributed by atoms with Gasteiger partial charge in [0.15, 0.2) is 0 Å². The first kappa shape index (κ1) is 11.0. The van der Waals surface area contributed by atoms with Crippen LogP contribution in [0.1, 0.15) is 24.5 Å². The van der Waals surface area contributed by atoms with Crippen LogP contribution in [-0.2, 0) is 13.0 Å². The lowest BCUT2D eigenvalue weighted by Gasteiger charge is -2.14. The number of aryl methyl sites for hydroxylation is 1. The third kappa shape index (κ3) is 2.96. The smallest absolute Gasteiger partial charge is 0.0475 e. The molecule has 2 heteroatoms. The molecule has 1 atom stereocenters. The molecule has 0 aliphatic carbocycles. The molecular formula is C13H18ClN. The number of alkyl halides is 1. The van der Waals surface area contributed by atoms with Crippen LogP contribution in [-0.4, -0.2) is 23.4 Å². The minimum Gasteiger partial charge on any atom is -0.298 e. The minimum absolute atomic E-state index is 0.361. The second-order valence-electron chi connectivity index (χ2n) is 4.29. The molecular weight excluding hydrogens is 206 g/mol. The standard InChI is InChI=1S/C13H18ClN/c1-2-11-3-5-12(6-4-11)9-15-8-7-13(14)10-15/h3-6,13H,2,7-10H2,1H3. The van der Waals surface area contributed by atoms with Crippen LogP contribution in [0.5, 0.6) is 0 Å². The lowest BCUT2D eigenvalue weighted by molar-refractivity contribution is 0.332. The molecule has 0 radical (unpaired) electrons. The summed E-state index contributed by atoms with van der Waals surface area (Å²) in [6, 6.07) is 8.92. The second kappa shape index (κ2) is 5.00. The van der Waals surface area contributed by atoms with Crippen molar-refractivity contribution in [3.63, 3.8) is 0 Å². The highest BCUT2D eigenvalue weighted by molar-refractivity contribution is 6.20. The molecule has 1 aromatic rings. The van der Waals surface area contributed by atoms with Crippen LogP contribution in [0.3, 0.4) is 0 Å². The van der Waals surface area contributed by atoms with Crippen LogP contribution < -0.4 is 0 Å². The van der Waals surface area contributed by atoms with Gasteiger partial charge in [0.05, 0.1) is 0 Å². The van der Waals surface area contributed by atoms with E-state index in [1.54, 1.807) is 0 Å². The highest BCUT2D eigenvalue weighted by Gasteiger charge is 2.19. The van der Waals surface area contributed by atoms with Crippen LogP contribution in [0.15, 0.2) is 24.3 Å². The van der Waals surface area contributed by atoms with Gasteiger partial charge in [0.1, 0.15) is 0 Å². The Kier molecular flexibility index (Phi) is 3.66. The number of likely N-dealkylation sites (tertiary alicyclic amines) is 1. The van der Waals surface area contributed by atoms with E-state index in [-0.39, 0.29) is 0 Å². The minimum atomic E-state index is 0.361. The van der Waals surface area contributed by atoms with Crippen molar-refractivity contribution in [2.75, 3.05) is 13.1 Å². The van der Waals surface area contributed by atoms with Crippen molar-refractivity contribution in [1.29, 1.82) is 0 Å². The van der Waals surface area contributed by atoms with Crippen LogP contribution in [0.2, 0.25) is 0 Å². The predicted molar refractivity (Wildman–Crippen MR) is 65.4 cm³/mol. The van der Waals surface area contributed by atoms with Gasteiger partial charge < -0.3 is 0 Å². The Balaban J connectivity index is 1.93. The summed E-state index contributed by atoms with van der Waals surface area (Å²) in [7, 11) is 0. The molecule has 1 aliphatic heterocycles. The van der Waals surface area contributed by atoms with Crippen LogP contribution >= 0.6 is 11.6 Å². The maximum atomic E-state index is 6.08. The Labute approximate surface area is 97.0 Å². The molecule has 0 amide bonds. The fourth-order valence-electron chi connectivity index (χ4n) is 2.07. The number of hydrogen-bond acceptors (Lipinski definition) is 1. The van der Waals surface area contributed by atoms with Crippen molar-refractivity contribution >= 4 is 11.6 Å². The summed E-state index contributed by atoms with van der Waals surface area (Å²) in [5.41, 5.74) is 2.81. The van der Waals surface area contributed by atoms with Gasteiger partial charge in [0.25, 0.3) is 0 Å². The summed E-state index contributed by atoms with van der Waals surface area (Å²) < 4.78 is 0. The zero-order chi connectivity index (χ0) is 10.7. The highest BCUT2D eigenvalue weighted by atomic mass is 35.5. The van der Waals surface area contributed by atoms with Crippen molar-refractivity contribution in [3.05, 3.63) is 35.4 Å². The number of rotatable bonds is 3. The maximum absolute atomic E-state index is 6.08. The molecule has 1 unspecified atom stereocenters. The Bertz CT molecular complexity index is 307. The molecule has 0 N–H and O–H groups in total. The molecule has 0 aromatic heterocycles. The summed E-state index contributed by atoms with van der Waals surface area (Å²) in [6.07, 6.45) is 2.25. The molecule has 2 rings (SSSR count). The van der Waals surface area contributed by atoms with Gasteiger partial charge in [-0.25, -0.2) is 0 Å². The van der Waals surface area contributed by atoms with E-state index in [4.69, 9.17) is 11.6 Å². The predicted octanol–water partition coefficient (Wildman–Crippen LogP) is 3.06. The largest absolute Gasteiger partial charge is 0.298 e. The second-order valence-corrected chi connectivity index (χ2v) is 4.91. The van der Waals surface area contributed by atoms with Gasteiger partial charge >= 0.3 is 0 Å². The third-order valence-corrected chi connectivity index (χ3v) is 3.41. The van der Waals surface area contributed by atoms with Crippen molar-refractivity contribution in [2.24, 2.45) is 0 Å². The molecule has 1 saturated heterocycles. The Morgan fingerprint density at radius 1 is 1.27 bits per heavy atom. The zero-order valence-electron chi connectivity index (χ0n) is 9.25. The molecule has 1 aromatic carbocycles. The summed E-state index contributed by atoms with van der Waals surface area (Å²) in [4.78, 5) is 2.43. The van der Waals surface area contributed by atoms with Gasteiger partial charge in [-0.2, -0.15) is 0 Å². The average molecular weight is 224 g/mol. The van der Waals surface area contributed by atoms with Crippen LogP contribution in [0.25, 0.3) is 0 Å². The lowest BCUT2D eigenvalue weighted by Crippen LogP contribution is -2.20. The summed E-state index contributed by atoms with van der Waals surface area (Å²) in [6.45, 7) is 5.42. The van der Waals surface area contributed by atoms with Gasteiger partial charge in [0, 0.05) is 18.5 Å². The van der Waals surface area contributed by atoms with Gasteiger partial charge in [-0.3, -0.25) is 4.90 Å².